The molecule has 0 aromatic heterocycles. The van der Waals surface area contributed by atoms with E-state index in [1.807, 2.05) is 12.1 Å². The number of halogens is 1. The molecule has 2 nitrogen and oxygen atoms in total. The molecule has 0 fully saturated rings. The Kier molecular flexibility index (Phi) is 5.91. The Balaban J connectivity index is 2.31. The monoisotopic (exact) mass is 271 g/mol. The lowest BCUT2D eigenvalue weighted by Crippen LogP contribution is -2.24. The van der Waals surface area contributed by atoms with Gasteiger partial charge in [0.1, 0.15) is 0 Å². The van der Waals surface area contributed by atoms with Crippen LogP contribution in [0.5, 0.6) is 0 Å². The summed E-state index contributed by atoms with van der Waals surface area (Å²) < 4.78 is 1.11. The Labute approximate surface area is 99.8 Å². The van der Waals surface area contributed by atoms with Crippen LogP contribution >= 0.6 is 15.9 Å². The van der Waals surface area contributed by atoms with Crippen LogP contribution in [-0.2, 0) is 6.54 Å². The predicted molar refractivity (Wildman–Crippen MR) is 66.7 cm³/mol. The van der Waals surface area contributed by atoms with Crippen LogP contribution in [0.4, 0.5) is 0 Å². The molecule has 0 saturated carbocycles. The van der Waals surface area contributed by atoms with Gasteiger partial charge in [-0.15, -0.1) is 0 Å². The molecule has 0 aliphatic heterocycles. The van der Waals surface area contributed by atoms with Gasteiger partial charge in [-0.25, -0.2) is 0 Å². The van der Waals surface area contributed by atoms with Crippen molar-refractivity contribution < 1.29 is 5.11 Å². The molecule has 0 saturated heterocycles. The lowest BCUT2D eigenvalue weighted by molar-refractivity contribution is 0.218. The maximum Gasteiger partial charge on any atom is 0.0471 e. The summed E-state index contributed by atoms with van der Waals surface area (Å²) in [6, 6.07) is 8.25. The number of hydrogen-bond acceptors (Lipinski definition) is 2. The molecule has 84 valence electrons. The quantitative estimate of drug-likeness (QED) is 0.834. The first-order valence-corrected chi connectivity index (χ1v) is 6.11. The van der Waals surface area contributed by atoms with Gasteiger partial charge in [0.05, 0.1) is 0 Å². The Morgan fingerprint density at radius 3 is 2.87 bits per heavy atom. The highest BCUT2D eigenvalue weighted by molar-refractivity contribution is 9.10. The smallest absolute Gasteiger partial charge is 0.0471 e. The van der Waals surface area contributed by atoms with Gasteiger partial charge in [-0.2, -0.15) is 0 Å². The zero-order valence-electron chi connectivity index (χ0n) is 9.04. The molecule has 1 rings (SSSR count). The van der Waals surface area contributed by atoms with Crippen molar-refractivity contribution in [2.24, 2.45) is 5.92 Å². The summed E-state index contributed by atoms with van der Waals surface area (Å²) in [7, 11) is 0. The molecule has 1 atom stereocenters. The summed E-state index contributed by atoms with van der Waals surface area (Å²) >= 11 is 3.44. The van der Waals surface area contributed by atoms with E-state index in [2.05, 4.69) is 40.3 Å². The van der Waals surface area contributed by atoms with Crippen molar-refractivity contribution in [3.05, 3.63) is 34.3 Å². The molecule has 0 radical (unpaired) electrons. The van der Waals surface area contributed by atoms with Crippen LogP contribution in [0.1, 0.15) is 18.9 Å². The molecule has 0 spiro atoms. The van der Waals surface area contributed by atoms with Crippen molar-refractivity contribution >= 4 is 15.9 Å². The topological polar surface area (TPSA) is 32.3 Å². The first-order chi connectivity index (χ1) is 7.26. The van der Waals surface area contributed by atoms with E-state index in [0.29, 0.717) is 5.92 Å². The highest BCUT2D eigenvalue weighted by Gasteiger charge is 2.03. The van der Waals surface area contributed by atoms with Gasteiger partial charge in [0.15, 0.2) is 0 Å². The lowest BCUT2D eigenvalue weighted by atomic mass is 10.1. The summed E-state index contributed by atoms with van der Waals surface area (Å²) in [6.45, 7) is 4.10. The maximum atomic E-state index is 9.02. The molecule has 3 heteroatoms. The number of aliphatic hydroxyl groups is 1. The third-order valence-electron chi connectivity index (χ3n) is 2.49. The predicted octanol–water partition coefficient (Wildman–Crippen LogP) is 2.56. The first-order valence-electron chi connectivity index (χ1n) is 5.32. The second-order valence-corrected chi connectivity index (χ2v) is 4.63. The molecule has 0 aliphatic rings. The fraction of sp³-hybridized carbons (Fsp3) is 0.500. The van der Waals surface area contributed by atoms with E-state index < -0.39 is 0 Å². The SMILES string of the molecule is CCC(CO)CNCc1cccc(Br)c1. The molecule has 1 unspecified atom stereocenters. The van der Waals surface area contributed by atoms with Crippen molar-refractivity contribution in [3.63, 3.8) is 0 Å². The van der Waals surface area contributed by atoms with Crippen LogP contribution in [0.25, 0.3) is 0 Å². The summed E-state index contributed by atoms with van der Waals surface area (Å²) in [5, 5.41) is 12.4. The lowest BCUT2D eigenvalue weighted by Gasteiger charge is -2.12. The van der Waals surface area contributed by atoms with E-state index in [9.17, 15) is 0 Å². The van der Waals surface area contributed by atoms with Crippen molar-refractivity contribution in [1.82, 2.24) is 5.32 Å². The number of aliphatic hydroxyl groups excluding tert-OH is 1. The highest BCUT2D eigenvalue weighted by Crippen LogP contribution is 2.11. The van der Waals surface area contributed by atoms with Crippen molar-refractivity contribution in [1.29, 1.82) is 0 Å². The standard InChI is InChI=1S/C12H18BrNO/c1-2-10(9-15)7-14-8-11-4-3-5-12(13)6-11/h3-6,10,14-15H,2,7-9H2,1H3. The fourth-order valence-corrected chi connectivity index (χ4v) is 1.85. The number of hydrogen-bond donors (Lipinski definition) is 2. The third-order valence-corrected chi connectivity index (χ3v) is 2.98. The number of nitrogens with one attached hydrogen (secondary N) is 1. The molecule has 0 aliphatic carbocycles. The average Bonchev–Trinajstić information content (AvgIpc) is 2.25. The summed E-state index contributed by atoms with van der Waals surface area (Å²) in [5.41, 5.74) is 1.26. The molecule has 1 aromatic carbocycles. The normalized spacial score (nSPS) is 12.7. The van der Waals surface area contributed by atoms with E-state index in [0.717, 1.165) is 24.0 Å². The highest BCUT2D eigenvalue weighted by atomic mass is 79.9. The molecule has 0 bridgehead atoms. The van der Waals surface area contributed by atoms with Crippen LogP contribution in [0.2, 0.25) is 0 Å². The first kappa shape index (κ1) is 12.7. The molecular formula is C12H18BrNO. The second-order valence-electron chi connectivity index (χ2n) is 3.72. The molecule has 15 heavy (non-hydrogen) atoms. The third kappa shape index (κ3) is 4.78. The molecule has 2 N–H and O–H groups in total. The summed E-state index contributed by atoms with van der Waals surface area (Å²) in [6.07, 6.45) is 1.02. The van der Waals surface area contributed by atoms with Gasteiger partial charge in [0.2, 0.25) is 0 Å². The summed E-state index contributed by atoms with van der Waals surface area (Å²) in [4.78, 5) is 0. The second kappa shape index (κ2) is 6.99. The minimum absolute atomic E-state index is 0.266. The van der Waals surface area contributed by atoms with Crippen molar-refractivity contribution in [2.45, 2.75) is 19.9 Å². The molecule has 0 heterocycles. The van der Waals surface area contributed by atoms with Crippen LogP contribution in [-0.4, -0.2) is 18.3 Å². The Hall–Kier alpha value is -0.380. The minimum Gasteiger partial charge on any atom is -0.396 e. The van der Waals surface area contributed by atoms with Gasteiger partial charge in [-0.05, 0) is 30.0 Å². The van der Waals surface area contributed by atoms with E-state index in [-0.39, 0.29) is 6.61 Å². The van der Waals surface area contributed by atoms with Gasteiger partial charge in [0.25, 0.3) is 0 Å². The Morgan fingerprint density at radius 2 is 2.27 bits per heavy atom. The van der Waals surface area contributed by atoms with E-state index >= 15 is 0 Å². The molecular weight excluding hydrogens is 254 g/mol. The van der Waals surface area contributed by atoms with Crippen molar-refractivity contribution in [3.8, 4) is 0 Å². The zero-order valence-corrected chi connectivity index (χ0v) is 10.6. The van der Waals surface area contributed by atoms with E-state index in [1.54, 1.807) is 0 Å². The number of rotatable bonds is 6. The van der Waals surface area contributed by atoms with E-state index in [4.69, 9.17) is 5.11 Å². The van der Waals surface area contributed by atoms with Gasteiger partial charge < -0.3 is 10.4 Å². The molecule has 0 amide bonds. The van der Waals surface area contributed by atoms with Gasteiger partial charge in [-0.1, -0.05) is 35.0 Å². The largest absolute Gasteiger partial charge is 0.396 e. The van der Waals surface area contributed by atoms with Crippen LogP contribution < -0.4 is 5.32 Å². The van der Waals surface area contributed by atoms with Gasteiger partial charge in [-0.3, -0.25) is 0 Å². The van der Waals surface area contributed by atoms with Crippen LogP contribution in [0.15, 0.2) is 28.7 Å². The maximum absolute atomic E-state index is 9.02. The number of benzene rings is 1. The Morgan fingerprint density at radius 1 is 1.47 bits per heavy atom. The van der Waals surface area contributed by atoms with Gasteiger partial charge in [0, 0.05) is 24.2 Å². The summed E-state index contributed by atoms with van der Waals surface area (Å²) in [5.74, 6) is 0.372. The van der Waals surface area contributed by atoms with Crippen molar-refractivity contribution in [2.75, 3.05) is 13.2 Å². The van der Waals surface area contributed by atoms with Crippen LogP contribution in [0.3, 0.4) is 0 Å². The van der Waals surface area contributed by atoms with Gasteiger partial charge >= 0.3 is 0 Å². The fourth-order valence-electron chi connectivity index (χ4n) is 1.41. The minimum atomic E-state index is 0.266. The zero-order chi connectivity index (χ0) is 11.1. The Bertz CT molecular complexity index is 287. The van der Waals surface area contributed by atoms with Crippen LogP contribution in [0, 0.1) is 5.92 Å². The molecule has 1 aromatic rings. The van der Waals surface area contributed by atoms with E-state index in [1.165, 1.54) is 5.56 Å². The average molecular weight is 272 g/mol.